The Morgan fingerprint density at radius 2 is 2.15 bits per heavy atom. The first-order chi connectivity index (χ1) is 6.18. The number of rotatable bonds is 2. The fraction of sp³-hybridized carbons (Fsp3) is 0.300. The van der Waals surface area contributed by atoms with Gasteiger partial charge >= 0.3 is 5.97 Å². The molecular weight excluding hydrogens is 171 g/mol. The first-order valence-electron chi connectivity index (χ1n) is 4.21. The number of hydrogen-bond donors (Lipinski definition) is 1. The SMILES string of the molecule is O=C(O)c1ccc(C2CC2)cc1F. The molecule has 0 aromatic heterocycles. The summed E-state index contributed by atoms with van der Waals surface area (Å²) in [5.41, 5.74) is 0.673. The molecule has 0 saturated heterocycles. The van der Waals surface area contributed by atoms with E-state index in [1.807, 2.05) is 0 Å². The van der Waals surface area contributed by atoms with Crippen molar-refractivity contribution in [1.29, 1.82) is 0 Å². The van der Waals surface area contributed by atoms with Gasteiger partial charge in [0.15, 0.2) is 0 Å². The minimum absolute atomic E-state index is 0.246. The smallest absolute Gasteiger partial charge is 0.338 e. The van der Waals surface area contributed by atoms with Gasteiger partial charge in [-0.05, 0) is 36.5 Å². The molecule has 2 rings (SSSR count). The second-order valence-electron chi connectivity index (χ2n) is 3.32. The van der Waals surface area contributed by atoms with Gasteiger partial charge in [0, 0.05) is 0 Å². The maximum atomic E-state index is 13.1. The Bertz CT molecular complexity index is 356. The third-order valence-corrected chi connectivity index (χ3v) is 2.27. The van der Waals surface area contributed by atoms with Crippen molar-refractivity contribution < 1.29 is 14.3 Å². The lowest BCUT2D eigenvalue weighted by molar-refractivity contribution is 0.0692. The summed E-state index contributed by atoms with van der Waals surface area (Å²) in [6, 6.07) is 4.37. The molecule has 1 fully saturated rings. The normalized spacial score (nSPS) is 15.8. The standard InChI is InChI=1S/C10H9FO2/c11-9-5-7(6-1-2-6)3-4-8(9)10(12)13/h3-6H,1-2H2,(H,12,13). The minimum atomic E-state index is -1.21. The molecule has 1 aliphatic carbocycles. The van der Waals surface area contributed by atoms with E-state index in [1.165, 1.54) is 12.1 Å². The zero-order chi connectivity index (χ0) is 9.42. The summed E-state index contributed by atoms with van der Waals surface area (Å²) in [6.07, 6.45) is 2.18. The van der Waals surface area contributed by atoms with Gasteiger partial charge in [-0.1, -0.05) is 6.07 Å². The van der Waals surface area contributed by atoms with E-state index in [9.17, 15) is 9.18 Å². The van der Waals surface area contributed by atoms with Gasteiger partial charge in [-0.2, -0.15) is 0 Å². The van der Waals surface area contributed by atoms with Crippen molar-refractivity contribution in [1.82, 2.24) is 0 Å². The molecule has 0 aliphatic heterocycles. The number of aromatic carboxylic acids is 1. The summed E-state index contributed by atoms with van der Waals surface area (Å²) in [6.45, 7) is 0. The van der Waals surface area contributed by atoms with Gasteiger partial charge in [0.25, 0.3) is 0 Å². The van der Waals surface area contributed by atoms with Crippen molar-refractivity contribution in [3.8, 4) is 0 Å². The maximum Gasteiger partial charge on any atom is 0.338 e. The third-order valence-electron chi connectivity index (χ3n) is 2.27. The van der Waals surface area contributed by atoms with E-state index in [1.54, 1.807) is 6.07 Å². The fourth-order valence-electron chi connectivity index (χ4n) is 1.38. The molecule has 1 aliphatic rings. The summed E-state index contributed by atoms with van der Waals surface area (Å²) >= 11 is 0. The van der Waals surface area contributed by atoms with Crippen LogP contribution in [0.25, 0.3) is 0 Å². The minimum Gasteiger partial charge on any atom is -0.478 e. The average molecular weight is 180 g/mol. The Balaban J connectivity index is 2.36. The molecule has 0 atom stereocenters. The number of halogens is 1. The van der Waals surface area contributed by atoms with Crippen LogP contribution in [-0.2, 0) is 0 Å². The quantitative estimate of drug-likeness (QED) is 0.758. The van der Waals surface area contributed by atoms with E-state index in [0.29, 0.717) is 5.92 Å². The topological polar surface area (TPSA) is 37.3 Å². The Morgan fingerprint density at radius 1 is 1.46 bits per heavy atom. The molecule has 1 saturated carbocycles. The Hall–Kier alpha value is -1.38. The van der Waals surface area contributed by atoms with Crippen molar-refractivity contribution in [2.24, 2.45) is 0 Å². The van der Waals surface area contributed by atoms with Gasteiger partial charge < -0.3 is 5.11 Å². The van der Waals surface area contributed by atoms with Crippen LogP contribution in [-0.4, -0.2) is 11.1 Å². The molecule has 3 heteroatoms. The highest BCUT2D eigenvalue weighted by atomic mass is 19.1. The molecule has 0 bridgehead atoms. The van der Waals surface area contributed by atoms with Crippen molar-refractivity contribution in [3.05, 3.63) is 35.1 Å². The Morgan fingerprint density at radius 3 is 2.62 bits per heavy atom. The number of benzene rings is 1. The number of carboxylic acids is 1. The Labute approximate surface area is 75.0 Å². The molecule has 2 nitrogen and oxygen atoms in total. The molecule has 0 heterocycles. The van der Waals surface area contributed by atoms with E-state index in [0.717, 1.165) is 18.4 Å². The van der Waals surface area contributed by atoms with Crippen molar-refractivity contribution >= 4 is 5.97 Å². The molecular formula is C10H9FO2. The van der Waals surface area contributed by atoms with E-state index in [2.05, 4.69) is 0 Å². The van der Waals surface area contributed by atoms with Crippen LogP contribution in [0.2, 0.25) is 0 Å². The van der Waals surface area contributed by atoms with E-state index in [-0.39, 0.29) is 5.56 Å². The predicted molar refractivity (Wildman–Crippen MR) is 45.3 cm³/mol. The van der Waals surface area contributed by atoms with E-state index >= 15 is 0 Å². The van der Waals surface area contributed by atoms with Gasteiger partial charge in [-0.25, -0.2) is 9.18 Å². The lowest BCUT2D eigenvalue weighted by atomic mass is 10.1. The Kier molecular flexibility index (Phi) is 1.79. The molecule has 0 radical (unpaired) electrons. The first-order valence-corrected chi connectivity index (χ1v) is 4.21. The lowest BCUT2D eigenvalue weighted by Crippen LogP contribution is -2.00. The van der Waals surface area contributed by atoms with Crippen molar-refractivity contribution in [3.63, 3.8) is 0 Å². The molecule has 13 heavy (non-hydrogen) atoms. The highest BCUT2D eigenvalue weighted by Crippen LogP contribution is 2.40. The van der Waals surface area contributed by atoms with Crippen LogP contribution in [0.4, 0.5) is 4.39 Å². The molecule has 1 aromatic rings. The van der Waals surface area contributed by atoms with Crippen LogP contribution >= 0.6 is 0 Å². The van der Waals surface area contributed by atoms with E-state index in [4.69, 9.17) is 5.11 Å². The lowest BCUT2D eigenvalue weighted by Gasteiger charge is -2.00. The molecule has 0 spiro atoms. The summed E-state index contributed by atoms with van der Waals surface area (Å²) in [5, 5.41) is 8.57. The second kappa shape index (κ2) is 2.83. The number of carboxylic acid groups (broad SMARTS) is 1. The average Bonchev–Trinajstić information content (AvgIpc) is 2.85. The molecule has 1 N–H and O–H groups in total. The van der Waals surface area contributed by atoms with Gasteiger partial charge in [0.1, 0.15) is 5.82 Å². The highest BCUT2D eigenvalue weighted by molar-refractivity contribution is 5.87. The van der Waals surface area contributed by atoms with Crippen LogP contribution in [0.15, 0.2) is 18.2 Å². The molecule has 0 unspecified atom stereocenters. The summed E-state index contributed by atoms with van der Waals surface area (Å²) in [5.74, 6) is -1.38. The number of carbonyl (C=O) groups is 1. The fourth-order valence-corrected chi connectivity index (χ4v) is 1.38. The summed E-state index contributed by atoms with van der Waals surface area (Å²) in [7, 11) is 0. The zero-order valence-electron chi connectivity index (χ0n) is 6.96. The molecule has 1 aromatic carbocycles. The summed E-state index contributed by atoms with van der Waals surface area (Å²) < 4.78 is 13.1. The largest absolute Gasteiger partial charge is 0.478 e. The zero-order valence-corrected chi connectivity index (χ0v) is 6.96. The summed E-state index contributed by atoms with van der Waals surface area (Å²) in [4.78, 5) is 10.5. The number of hydrogen-bond acceptors (Lipinski definition) is 1. The first kappa shape index (κ1) is 8.23. The van der Waals surface area contributed by atoms with Crippen LogP contribution in [0, 0.1) is 5.82 Å². The second-order valence-corrected chi connectivity index (χ2v) is 3.32. The monoisotopic (exact) mass is 180 g/mol. The van der Waals surface area contributed by atoms with Crippen molar-refractivity contribution in [2.45, 2.75) is 18.8 Å². The molecule has 68 valence electrons. The maximum absolute atomic E-state index is 13.1. The highest BCUT2D eigenvalue weighted by Gasteiger charge is 2.24. The van der Waals surface area contributed by atoms with Crippen LogP contribution in [0.1, 0.15) is 34.7 Å². The van der Waals surface area contributed by atoms with Gasteiger partial charge in [0.05, 0.1) is 5.56 Å². The van der Waals surface area contributed by atoms with Crippen LogP contribution < -0.4 is 0 Å². The van der Waals surface area contributed by atoms with Gasteiger partial charge in [0.2, 0.25) is 0 Å². The predicted octanol–water partition coefficient (Wildman–Crippen LogP) is 2.40. The van der Waals surface area contributed by atoms with Gasteiger partial charge in [-0.3, -0.25) is 0 Å². The van der Waals surface area contributed by atoms with Gasteiger partial charge in [-0.15, -0.1) is 0 Å². The van der Waals surface area contributed by atoms with E-state index < -0.39 is 11.8 Å². The third kappa shape index (κ3) is 1.54. The van der Waals surface area contributed by atoms with Crippen LogP contribution in [0.3, 0.4) is 0 Å². The molecule has 0 amide bonds. The van der Waals surface area contributed by atoms with Crippen molar-refractivity contribution in [2.75, 3.05) is 0 Å². The van der Waals surface area contributed by atoms with Crippen LogP contribution in [0.5, 0.6) is 0 Å².